The van der Waals surface area contributed by atoms with Crippen LogP contribution in [0.1, 0.15) is 89.5 Å². The molecule has 0 spiro atoms. The van der Waals surface area contributed by atoms with Crippen LogP contribution in [0.15, 0.2) is 60.7 Å². The van der Waals surface area contributed by atoms with Gasteiger partial charge in [0.05, 0.1) is 0 Å². The van der Waals surface area contributed by atoms with Gasteiger partial charge in [0.2, 0.25) is 0 Å². The Hall–Kier alpha value is -0.514. The molecule has 1 saturated heterocycles. The fraction of sp³-hybridized carbons (Fsp3) is 0.613. The summed E-state index contributed by atoms with van der Waals surface area (Å²) in [5.74, 6) is 0. The molecule has 2 aromatic rings. The van der Waals surface area contributed by atoms with E-state index < -0.39 is 22.9 Å². The number of hydrogen-bond donors (Lipinski definition) is 0. The molecule has 1 aliphatic rings. The molecule has 0 aromatic heterocycles. The second kappa shape index (κ2) is 8.80. The van der Waals surface area contributed by atoms with Crippen molar-refractivity contribution in [1.82, 2.24) is 0 Å². The quantitative estimate of drug-likeness (QED) is 0.324. The maximum absolute atomic E-state index is 8.32. The summed E-state index contributed by atoms with van der Waals surface area (Å²) in [4.78, 5) is 0. The van der Waals surface area contributed by atoms with E-state index in [2.05, 4.69) is 144 Å². The number of hydrogen-bond acceptors (Lipinski definition) is 1. The van der Waals surface area contributed by atoms with Crippen molar-refractivity contribution >= 4 is 31.7 Å². The van der Waals surface area contributed by atoms with E-state index in [0.29, 0.717) is 0 Å². The van der Waals surface area contributed by atoms with Crippen molar-refractivity contribution in [3.63, 3.8) is 0 Å². The maximum atomic E-state index is 8.32. The second-order valence-electron chi connectivity index (χ2n) is 14.7. The first kappa shape index (κ1) is 28.1. The summed E-state index contributed by atoms with van der Waals surface area (Å²) < 4.78 is 11.8. The molecule has 1 nitrogen and oxygen atoms in total. The van der Waals surface area contributed by atoms with Crippen molar-refractivity contribution in [3.8, 4) is 0 Å². The minimum absolute atomic E-state index is 0.0556. The predicted octanol–water partition coefficient (Wildman–Crippen LogP) is 8.13. The molecule has 34 heavy (non-hydrogen) atoms. The van der Waals surface area contributed by atoms with Crippen LogP contribution in [0.4, 0.5) is 0 Å². The Morgan fingerprint density at radius 3 is 1.24 bits per heavy atom. The average molecular weight is 584 g/mol. The van der Waals surface area contributed by atoms with Gasteiger partial charge in [-0.05, 0) is 0 Å². The van der Waals surface area contributed by atoms with E-state index in [9.17, 15) is 0 Å². The molecule has 0 saturated carbocycles. The van der Waals surface area contributed by atoms with E-state index >= 15 is 0 Å². The van der Waals surface area contributed by atoms with Crippen LogP contribution >= 0.6 is 0 Å². The van der Waals surface area contributed by atoms with Gasteiger partial charge < -0.3 is 0 Å². The standard InChI is InChI=1S/C31H50Ge2O/c1-27(2,3)31(28(4,5)6)23-24-32(25-19-15-13-16-20-25,26-21-17-14-18-22-26)33(34-31,29(7,8)9)30(10,11)12/h13-22H,23-24H2,1-12H3. The zero-order valence-corrected chi connectivity index (χ0v) is 28.3. The van der Waals surface area contributed by atoms with E-state index in [1.807, 2.05) is 0 Å². The molecule has 1 heterocycles. The number of rotatable bonds is 2. The molecule has 0 amide bonds. The molecular weight excluding hydrogens is 534 g/mol. The van der Waals surface area contributed by atoms with Crippen molar-refractivity contribution in [3.05, 3.63) is 60.7 Å². The van der Waals surface area contributed by atoms with Crippen LogP contribution in [0.5, 0.6) is 0 Å². The van der Waals surface area contributed by atoms with Crippen LogP contribution in [-0.4, -0.2) is 28.5 Å². The van der Waals surface area contributed by atoms with Gasteiger partial charge in [0, 0.05) is 0 Å². The molecule has 1 aliphatic heterocycles. The first-order chi connectivity index (χ1) is 15.4. The molecule has 0 bridgehead atoms. The van der Waals surface area contributed by atoms with Gasteiger partial charge in [-0.3, -0.25) is 0 Å². The third-order valence-corrected chi connectivity index (χ3v) is 68.8. The molecule has 188 valence electrons. The molecule has 1 fully saturated rings. The Kier molecular flexibility index (Phi) is 7.27. The van der Waals surface area contributed by atoms with E-state index in [1.165, 1.54) is 5.25 Å². The van der Waals surface area contributed by atoms with Gasteiger partial charge in [0.1, 0.15) is 0 Å². The monoisotopic (exact) mass is 586 g/mol. The molecule has 2 aromatic carbocycles. The van der Waals surface area contributed by atoms with Crippen molar-refractivity contribution in [2.24, 2.45) is 10.8 Å². The fourth-order valence-corrected chi connectivity index (χ4v) is 81.0. The summed E-state index contributed by atoms with van der Waals surface area (Å²) in [6.07, 6.45) is 1.14. The van der Waals surface area contributed by atoms with Gasteiger partial charge >= 0.3 is 216 Å². The first-order valence-corrected chi connectivity index (χ1v) is 26.2. The van der Waals surface area contributed by atoms with Gasteiger partial charge in [-0.25, -0.2) is 0 Å². The Bertz CT molecular complexity index is 899. The van der Waals surface area contributed by atoms with Crippen molar-refractivity contribution < 1.29 is 3.76 Å². The predicted molar refractivity (Wildman–Crippen MR) is 155 cm³/mol. The van der Waals surface area contributed by atoms with Gasteiger partial charge in [0.15, 0.2) is 0 Å². The van der Waals surface area contributed by atoms with Crippen LogP contribution in [0.25, 0.3) is 0 Å². The molecule has 0 N–H and O–H groups in total. The molecule has 0 unspecified atom stereocenters. The van der Waals surface area contributed by atoms with Crippen LogP contribution in [0.2, 0.25) is 13.7 Å². The molecule has 0 aliphatic carbocycles. The third-order valence-electron chi connectivity index (χ3n) is 8.85. The van der Waals surface area contributed by atoms with Crippen molar-refractivity contribution in [2.45, 2.75) is 109 Å². The number of benzene rings is 2. The molecular formula is C31H50Ge2O. The Balaban J connectivity index is 2.56. The topological polar surface area (TPSA) is 9.23 Å². The summed E-state index contributed by atoms with van der Waals surface area (Å²) in [6.45, 7) is 29.8. The van der Waals surface area contributed by atoms with Gasteiger partial charge in [-0.15, -0.1) is 0 Å². The Morgan fingerprint density at radius 2 is 0.941 bits per heavy atom. The van der Waals surface area contributed by atoms with Gasteiger partial charge in [-0.2, -0.15) is 0 Å². The normalized spacial score (nSPS) is 20.7. The molecule has 3 heteroatoms. The van der Waals surface area contributed by atoms with E-state index in [-0.39, 0.29) is 24.9 Å². The summed E-state index contributed by atoms with van der Waals surface area (Å²) in [6, 6.07) is 23.3. The molecule has 0 radical (unpaired) electrons. The minimum atomic E-state index is -3.29. The van der Waals surface area contributed by atoms with Crippen molar-refractivity contribution in [2.75, 3.05) is 0 Å². The van der Waals surface area contributed by atoms with Crippen LogP contribution in [0.3, 0.4) is 0 Å². The molecule has 3 rings (SSSR count). The van der Waals surface area contributed by atoms with E-state index in [1.54, 1.807) is 8.79 Å². The van der Waals surface area contributed by atoms with Crippen LogP contribution < -0.4 is 8.79 Å². The summed E-state index contributed by atoms with van der Waals surface area (Å²) >= 11 is -6.32. The second-order valence-corrected chi connectivity index (χ2v) is 48.6. The third kappa shape index (κ3) is 4.00. The van der Waals surface area contributed by atoms with Gasteiger partial charge in [0.25, 0.3) is 0 Å². The Labute approximate surface area is 214 Å². The summed E-state index contributed by atoms with van der Waals surface area (Å²) in [5.41, 5.74) is -0.0427. The Morgan fingerprint density at radius 1 is 0.588 bits per heavy atom. The van der Waals surface area contributed by atoms with E-state index in [0.717, 1.165) is 6.42 Å². The van der Waals surface area contributed by atoms with Crippen LogP contribution in [-0.2, 0) is 3.76 Å². The fourth-order valence-electron chi connectivity index (χ4n) is 8.14. The zero-order valence-electron chi connectivity index (χ0n) is 24.1. The van der Waals surface area contributed by atoms with Crippen LogP contribution in [0, 0.1) is 10.8 Å². The average Bonchev–Trinajstić information content (AvgIpc) is 2.71. The zero-order chi connectivity index (χ0) is 25.8. The summed E-state index contributed by atoms with van der Waals surface area (Å²) in [7, 11) is 0. The van der Waals surface area contributed by atoms with E-state index in [4.69, 9.17) is 3.76 Å². The SMILES string of the molecule is CC(C)(C)C1(C(C)(C)C)C[CH2][Ge]([c]2ccccc2)([c]2ccccc2)[Ge]([C](C)(C)C)([C](C)(C)C)[O]1. The molecule has 0 atom stereocenters. The first-order valence-electron chi connectivity index (χ1n) is 13.2. The summed E-state index contributed by atoms with van der Waals surface area (Å²) in [5, 5.41) is 1.32. The van der Waals surface area contributed by atoms with Crippen molar-refractivity contribution in [1.29, 1.82) is 0 Å². The van der Waals surface area contributed by atoms with Gasteiger partial charge in [-0.1, -0.05) is 0 Å².